The zero-order chi connectivity index (χ0) is 17.1. The second-order valence-corrected chi connectivity index (χ2v) is 7.45. The zero-order valence-corrected chi connectivity index (χ0v) is 14.7. The molecule has 1 aromatic heterocycles. The molecule has 0 bridgehead atoms. The smallest absolute Gasteiger partial charge is 0.253 e. The second-order valence-electron chi connectivity index (χ2n) is 7.45. The average Bonchev–Trinajstić information content (AvgIpc) is 3.23. The van der Waals surface area contributed by atoms with E-state index in [9.17, 15) is 4.79 Å². The SMILES string of the molecule is O=C(NCC1(Cn2cccn2)CC1)c1ccccc1N1CCCCC1. The molecule has 25 heavy (non-hydrogen) atoms. The average molecular weight is 338 g/mol. The maximum absolute atomic E-state index is 12.8. The number of para-hydroxylation sites is 1. The highest BCUT2D eigenvalue weighted by Gasteiger charge is 2.43. The van der Waals surface area contributed by atoms with E-state index in [0.717, 1.165) is 50.3 Å². The van der Waals surface area contributed by atoms with Gasteiger partial charge in [-0.1, -0.05) is 12.1 Å². The van der Waals surface area contributed by atoms with Gasteiger partial charge in [0.05, 0.1) is 5.56 Å². The molecule has 1 saturated carbocycles. The molecule has 2 aromatic rings. The van der Waals surface area contributed by atoms with Crippen LogP contribution in [-0.4, -0.2) is 35.3 Å². The fraction of sp³-hybridized carbons (Fsp3) is 0.500. The minimum absolute atomic E-state index is 0.0490. The summed E-state index contributed by atoms with van der Waals surface area (Å²) in [6.45, 7) is 3.70. The topological polar surface area (TPSA) is 50.2 Å². The molecule has 0 spiro atoms. The van der Waals surface area contributed by atoms with Gasteiger partial charge < -0.3 is 10.2 Å². The number of nitrogens with zero attached hydrogens (tertiary/aromatic N) is 3. The highest BCUT2D eigenvalue weighted by molar-refractivity contribution is 5.99. The Labute approximate surface area is 149 Å². The minimum atomic E-state index is 0.0490. The first-order valence-electron chi connectivity index (χ1n) is 9.35. The number of aromatic nitrogens is 2. The third kappa shape index (κ3) is 3.70. The van der Waals surface area contributed by atoms with Gasteiger partial charge in [0.25, 0.3) is 5.91 Å². The zero-order valence-electron chi connectivity index (χ0n) is 14.7. The third-order valence-corrected chi connectivity index (χ3v) is 5.48. The van der Waals surface area contributed by atoms with Gasteiger partial charge in [-0.3, -0.25) is 9.48 Å². The summed E-state index contributed by atoms with van der Waals surface area (Å²) in [5, 5.41) is 7.49. The number of piperidine rings is 1. The first-order chi connectivity index (χ1) is 12.3. The van der Waals surface area contributed by atoms with Crippen LogP contribution >= 0.6 is 0 Å². The molecule has 5 heteroatoms. The highest BCUT2D eigenvalue weighted by atomic mass is 16.1. The van der Waals surface area contributed by atoms with Crippen LogP contribution in [0.1, 0.15) is 42.5 Å². The fourth-order valence-electron chi connectivity index (χ4n) is 3.74. The van der Waals surface area contributed by atoms with E-state index < -0.39 is 0 Å². The maximum atomic E-state index is 12.8. The van der Waals surface area contributed by atoms with E-state index in [4.69, 9.17) is 0 Å². The van der Waals surface area contributed by atoms with Gasteiger partial charge in [-0.2, -0.15) is 5.10 Å². The molecule has 1 aliphatic heterocycles. The van der Waals surface area contributed by atoms with E-state index in [0.29, 0.717) is 0 Å². The van der Waals surface area contributed by atoms with Crippen molar-refractivity contribution in [1.82, 2.24) is 15.1 Å². The van der Waals surface area contributed by atoms with Gasteiger partial charge in [-0.05, 0) is 50.3 Å². The molecule has 0 unspecified atom stereocenters. The summed E-state index contributed by atoms with van der Waals surface area (Å²) in [5.41, 5.74) is 2.07. The van der Waals surface area contributed by atoms with Crippen LogP contribution in [0.2, 0.25) is 0 Å². The Morgan fingerprint density at radius 3 is 2.64 bits per heavy atom. The van der Waals surface area contributed by atoms with Crippen molar-refractivity contribution in [2.24, 2.45) is 5.41 Å². The quantitative estimate of drug-likeness (QED) is 0.880. The molecule has 2 fully saturated rings. The summed E-state index contributed by atoms with van der Waals surface area (Å²) >= 11 is 0. The van der Waals surface area contributed by atoms with Crippen LogP contribution in [0.4, 0.5) is 5.69 Å². The predicted octanol–water partition coefficient (Wildman–Crippen LogP) is 3.08. The van der Waals surface area contributed by atoms with E-state index in [-0.39, 0.29) is 11.3 Å². The summed E-state index contributed by atoms with van der Waals surface area (Å²) in [6.07, 6.45) is 9.82. The molecule has 132 valence electrons. The predicted molar refractivity (Wildman–Crippen MR) is 98.7 cm³/mol. The molecular weight excluding hydrogens is 312 g/mol. The molecule has 1 aliphatic carbocycles. The number of carbonyl (C=O) groups excluding carboxylic acids is 1. The van der Waals surface area contributed by atoms with E-state index >= 15 is 0 Å². The molecule has 0 radical (unpaired) electrons. The third-order valence-electron chi connectivity index (χ3n) is 5.48. The number of benzene rings is 1. The van der Waals surface area contributed by atoms with Gasteiger partial charge in [0.1, 0.15) is 0 Å². The first-order valence-corrected chi connectivity index (χ1v) is 9.35. The summed E-state index contributed by atoms with van der Waals surface area (Å²) in [7, 11) is 0. The number of hydrogen-bond acceptors (Lipinski definition) is 3. The van der Waals surface area contributed by atoms with Gasteiger partial charge in [-0.15, -0.1) is 0 Å². The van der Waals surface area contributed by atoms with Crippen molar-refractivity contribution in [3.05, 3.63) is 48.3 Å². The number of rotatable bonds is 6. The molecule has 0 atom stereocenters. The van der Waals surface area contributed by atoms with Crippen molar-refractivity contribution in [3.8, 4) is 0 Å². The van der Waals surface area contributed by atoms with Gasteiger partial charge in [-0.25, -0.2) is 0 Å². The monoisotopic (exact) mass is 338 g/mol. The summed E-state index contributed by atoms with van der Waals surface area (Å²) < 4.78 is 1.97. The van der Waals surface area contributed by atoms with E-state index in [1.165, 1.54) is 19.3 Å². The molecule has 2 heterocycles. The van der Waals surface area contributed by atoms with Crippen LogP contribution < -0.4 is 10.2 Å². The van der Waals surface area contributed by atoms with Crippen molar-refractivity contribution in [2.75, 3.05) is 24.5 Å². The van der Waals surface area contributed by atoms with Crippen molar-refractivity contribution < 1.29 is 4.79 Å². The lowest BCUT2D eigenvalue weighted by atomic mass is 10.1. The summed E-state index contributed by atoms with van der Waals surface area (Å²) in [6, 6.07) is 9.96. The maximum Gasteiger partial charge on any atom is 0.253 e. The van der Waals surface area contributed by atoms with Crippen LogP contribution in [0.3, 0.4) is 0 Å². The Hall–Kier alpha value is -2.30. The molecule has 2 aliphatic rings. The largest absolute Gasteiger partial charge is 0.371 e. The number of hydrogen-bond donors (Lipinski definition) is 1. The van der Waals surface area contributed by atoms with E-state index in [1.807, 2.05) is 41.3 Å². The first kappa shape index (κ1) is 16.2. The molecule has 1 saturated heterocycles. The van der Waals surface area contributed by atoms with Gasteiger partial charge in [0.2, 0.25) is 0 Å². The van der Waals surface area contributed by atoms with Gasteiger partial charge >= 0.3 is 0 Å². The van der Waals surface area contributed by atoms with Crippen molar-refractivity contribution in [3.63, 3.8) is 0 Å². The lowest BCUT2D eigenvalue weighted by molar-refractivity contribution is 0.0943. The summed E-state index contributed by atoms with van der Waals surface area (Å²) in [4.78, 5) is 15.2. The van der Waals surface area contributed by atoms with Crippen LogP contribution in [-0.2, 0) is 6.54 Å². The van der Waals surface area contributed by atoms with Crippen molar-refractivity contribution in [2.45, 2.75) is 38.6 Å². The van der Waals surface area contributed by atoms with Crippen LogP contribution in [0.25, 0.3) is 0 Å². The molecule has 1 amide bonds. The number of amides is 1. The standard InChI is InChI=1S/C20H26N4O/c25-19(21-15-20(9-10-20)16-24-14-6-11-22-24)17-7-2-3-8-18(17)23-12-4-1-5-13-23/h2-3,6-8,11,14H,1,4-5,9-10,12-13,15-16H2,(H,21,25). The molecule has 1 aromatic carbocycles. The van der Waals surface area contributed by atoms with E-state index in [2.05, 4.69) is 21.4 Å². The number of nitrogens with one attached hydrogen (secondary N) is 1. The molecular formula is C20H26N4O. The Bertz CT molecular complexity index is 715. The Balaban J connectivity index is 1.41. The van der Waals surface area contributed by atoms with Crippen LogP contribution in [0.15, 0.2) is 42.7 Å². The van der Waals surface area contributed by atoms with Gasteiger partial charge in [0.15, 0.2) is 0 Å². The lowest BCUT2D eigenvalue weighted by Crippen LogP contribution is -2.35. The summed E-state index contributed by atoms with van der Waals surface area (Å²) in [5.74, 6) is 0.0490. The van der Waals surface area contributed by atoms with Crippen LogP contribution in [0.5, 0.6) is 0 Å². The number of carbonyl (C=O) groups is 1. The van der Waals surface area contributed by atoms with Crippen molar-refractivity contribution in [1.29, 1.82) is 0 Å². The van der Waals surface area contributed by atoms with Crippen molar-refractivity contribution >= 4 is 11.6 Å². The Morgan fingerprint density at radius 1 is 1.12 bits per heavy atom. The van der Waals surface area contributed by atoms with Gasteiger partial charge in [0, 0.05) is 49.7 Å². The normalized spacial score (nSPS) is 18.8. The highest BCUT2D eigenvalue weighted by Crippen LogP contribution is 2.46. The molecule has 1 N–H and O–H groups in total. The molecule has 5 nitrogen and oxygen atoms in total. The minimum Gasteiger partial charge on any atom is -0.371 e. The van der Waals surface area contributed by atoms with Crippen LogP contribution in [0, 0.1) is 5.41 Å². The molecule has 4 rings (SSSR count). The number of anilines is 1. The second kappa shape index (κ2) is 6.90. The Morgan fingerprint density at radius 2 is 1.92 bits per heavy atom. The lowest BCUT2D eigenvalue weighted by Gasteiger charge is -2.30. The van der Waals surface area contributed by atoms with E-state index in [1.54, 1.807) is 0 Å². The fourth-order valence-corrected chi connectivity index (χ4v) is 3.74. The Kier molecular flexibility index (Phi) is 4.47.